The Kier molecular flexibility index (Phi) is 2.37. The second-order valence-corrected chi connectivity index (χ2v) is 4.21. The van der Waals surface area contributed by atoms with Gasteiger partial charge < -0.3 is 4.98 Å². The predicted octanol–water partition coefficient (Wildman–Crippen LogP) is 3.82. The summed E-state index contributed by atoms with van der Waals surface area (Å²) in [5.74, 6) is 0.0487. The van der Waals surface area contributed by atoms with E-state index in [4.69, 9.17) is 0 Å². The van der Waals surface area contributed by atoms with Crippen molar-refractivity contribution in [3.63, 3.8) is 0 Å². The lowest BCUT2D eigenvalue weighted by Crippen LogP contribution is -1.85. The van der Waals surface area contributed by atoms with Gasteiger partial charge in [-0.3, -0.25) is 0 Å². The van der Waals surface area contributed by atoms with Crippen LogP contribution >= 0.6 is 0 Å². The number of nitrogens with one attached hydrogen (secondary N) is 1. The van der Waals surface area contributed by atoms with E-state index in [1.54, 1.807) is 25.1 Å². The first kappa shape index (κ1) is 10.9. The van der Waals surface area contributed by atoms with Gasteiger partial charge in [0.25, 0.3) is 0 Å². The Hall–Kier alpha value is -2.23. The van der Waals surface area contributed by atoms with Gasteiger partial charge in [-0.15, -0.1) is 0 Å². The van der Waals surface area contributed by atoms with E-state index in [0.717, 1.165) is 5.56 Å². The topological polar surface area (TPSA) is 28.7 Å². The Balaban J connectivity index is 2.16. The molecule has 0 unspecified atom stereocenters. The first-order valence-electron chi connectivity index (χ1n) is 5.55. The van der Waals surface area contributed by atoms with E-state index in [1.807, 2.05) is 0 Å². The van der Waals surface area contributed by atoms with Crippen molar-refractivity contribution >= 4 is 11.0 Å². The van der Waals surface area contributed by atoms with Crippen LogP contribution in [0.15, 0.2) is 36.4 Å². The zero-order chi connectivity index (χ0) is 12.7. The minimum Gasteiger partial charge on any atom is -0.338 e. The van der Waals surface area contributed by atoms with E-state index >= 15 is 0 Å². The Bertz CT molecular complexity index is 732. The van der Waals surface area contributed by atoms with Gasteiger partial charge in [-0.05, 0) is 48.9 Å². The number of hydrogen-bond donors (Lipinski definition) is 1. The number of fused-ring (bicyclic) bond motifs is 1. The lowest BCUT2D eigenvalue weighted by molar-refractivity contribution is 0.618. The zero-order valence-corrected chi connectivity index (χ0v) is 9.67. The summed E-state index contributed by atoms with van der Waals surface area (Å²) in [5.41, 5.74) is 2.66. The molecule has 0 bridgehead atoms. The molecule has 0 saturated carbocycles. The molecule has 3 aromatic rings. The number of rotatable bonds is 1. The van der Waals surface area contributed by atoms with E-state index in [9.17, 15) is 8.78 Å². The van der Waals surface area contributed by atoms with E-state index in [-0.39, 0.29) is 11.6 Å². The third-order valence-corrected chi connectivity index (χ3v) is 2.88. The number of imidazole rings is 1. The maximum Gasteiger partial charge on any atom is 0.138 e. The van der Waals surface area contributed by atoms with Gasteiger partial charge in [-0.1, -0.05) is 0 Å². The van der Waals surface area contributed by atoms with Crippen molar-refractivity contribution in [2.45, 2.75) is 6.92 Å². The number of aromatic nitrogens is 2. The molecule has 2 nitrogen and oxygen atoms in total. The molecule has 0 saturated heterocycles. The molecule has 0 amide bonds. The molecule has 0 aliphatic rings. The second-order valence-electron chi connectivity index (χ2n) is 4.21. The summed E-state index contributed by atoms with van der Waals surface area (Å²) in [6, 6.07) is 9.13. The number of H-pyrrole nitrogens is 1. The summed E-state index contributed by atoms with van der Waals surface area (Å²) in [6.07, 6.45) is 0. The molecule has 0 spiro atoms. The summed E-state index contributed by atoms with van der Waals surface area (Å²) in [4.78, 5) is 7.38. The molecule has 2 aromatic carbocycles. The van der Waals surface area contributed by atoms with Gasteiger partial charge in [-0.25, -0.2) is 13.8 Å². The number of aryl methyl sites for hydroxylation is 1. The van der Waals surface area contributed by atoms with Crippen LogP contribution in [0, 0.1) is 18.6 Å². The van der Waals surface area contributed by atoms with Crippen molar-refractivity contribution in [2.24, 2.45) is 0 Å². The van der Waals surface area contributed by atoms with Gasteiger partial charge in [0.2, 0.25) is 0 Å². The molecule has 4 heteroatoms. The Morgan fingerprint density at radius 1 is 1.06 bits per heavy atom. The zero-order valence-electron chi connectivity index (χ0n) is 9.67. The van der Waals surface area contributed by atoms with Crippen LogP contribution in [-0.2, 0) is 0 Å². The average molecular weight is 244 g/mol. The van der Waals surface area contributed by atoms with Crippen molar-refractivity contribution < 1.29 is 8.78 Å². The van der Waals surface area contributed by atoms with Gasteiger partial charge in [0, 0.05) is 5.56 Å². The van der Waals surface area contributed by atoms with Crippen LogP contribution < -0.4 is 0 Å². The molecule has 0 atom stereocenters. The molecule has 1 heterocycles. The van der Waals surface area contributed by atoms with Gasteiger partial charge in [0.05, 0.1) is 11.0 Å². The summed E-state index contributed by atoms with van der Waals surface area (Å²) in [5, 5.41) is 0. The van der Waals surface area contributed by atoms with Crippen LogP contribution in [-0.4, -0.2) is 9.97 Å². The number of benzene rings is 2. The quantitative estimate of drug-likeness (QED) is 0.692. The van der Waals surface area contributed by atoms with Crippen LogP contribution in [0.3, 0.4) is 0 Å². The van der Waals surface area contributed by atoms with Crippen molar-refractivity contribution in [3.05, 3.63) is 53.6 Å². The lowest BCUT2D eigenvalue weighted by atomic mass is 10.1. The summed E-state index contributed by atoms with van der Waals surface area (Å²) in [7, 11) is 0. The molecule has 1 N–H and O–H groups in total. The standard InChI is InChI=1S/C14H10F2N2/c1-8-6-9(2-4-11(8)16)14-17-12-5-3-10(15)7-13(12)18-14/h2-7H,1H3,(H,17,18). The Morgan fingerprint density at radius 2 is 1.89 bits per heavy atom. The first-order chi connectivity index (χ1) is 8.63. The van der Waals surface area contributed by atoms with Crippen LogP contribution in [0.4, 0.5) is 8.78 Å². The van der Waals surface area contributed by atoms with Crippen LogP contribution in [0.5, 0.6) is 0 Å². The Morgan fingerprint density at radius 3 is 2.67 bits per heavy atom. The lowest BCUT2D eigenvalue weighted by Gasteiger charge is -1.99. The highest BCUT2D eigenvalue weighted by Crippen LogP contribution is 2.22. The van der Waals surface area contributed by atoms with Crippen molar-refractivity contribution in [1.82, 2.24) is 9.97 Å². The van der Waals surface area contributed by atoms with E-state index in [0.29, 0.717) is 22.4 Å². The van der Waals surface area contributed by atoms with Crippen LogP contribution in [0.2, 0.25) is 0 Å². The number of nitrogens with zero attached hydrogens (tertiary/aromatic N) is 1. The highest BCUT2D eigenvalue weighted by molar-refractivity contribution is 5.79. The molecule has 90 valence electrons. The average Bonchev–Trinajstić information content (AvgIpc) is 2.75. The van der Waals surface area contributed by atoms with Crippen molar-refractivity contribution in [3.8, 4) is 11.4 Å². The van der Waals surface area contributed by atoms with Crippen LogP contribution in [0.25, 0.3) is 22.4 Å². The number of aromatic amines is 1. The molecule has 3 rings (SSSR count). The molecular weight excluding hydrogens is 234 g/mol. The molecular formula is C14H10F2N2. The predicted molar refractivity (Wildman–Crippen MR) is 66.2 cm³/mol. The SMILES string of the molecule is Cc1cc(-c2nc3ccc(F)cc3[nH]2)ccc1F. The van der Waals surface area contributed by atoms with E-state index in [2.05, 4.69) is 9.97 Å². The highest BCUT2D eigenvalue weighted by Gasteiger charge is 2.07. The van der Waals surface area contributed by atoms with Crippen LogP contribution in [0.1, 0.15) is 5.56 Å². The fourth-order valence-corrected chi connectivity index (χ4v) is 1.91. The summed E-state index contributed by atoms with van der Waals surface area (Å²) in [6.45, 7) is 1.70. The fraction of sp³-hybridized carbons (Fsp3) is 0.0714. The minimum absolute atomic E-state index is 0.249. The molecule has 0 aliphatic heterocycles. The fourth-order valence-electron chi connectivity index (χ4n) is 1.91. The van der Waals surface area contributed by atoms with E-state index < -0.39 is 0 Å². The molecule has 0 aliphatic carbocycles. The Labute approximate surface area is 102 Å². The second kappa shape index (κ2) is 3.91. The van der Waals surface area contributed by atoms with Gasteiger partial charge in [-0.2, -0.15) is 0 Å². The van der Waals surface area contributed by atoms with Gasteiger partial charge >= 0.3 is 0 Å². The molecule has 0 radical (unpaired) electrons. The summed E-state index contributed by atoms with van der Waals surface area (Å²) >= 11 is 0. The van der Waals surface area contributed by atoms with Crippen molar-refractivity contribution in [1.29, 1.82) is 0 Å². The molecule has 18 heavy (non-hydrogen) atoms. The van der Waals surface area contributed by atoms with Gasteiger partial charge in [0.1, 0.15) is 17.5 Å². The third-order valence-electron chi connectivity index (χ3n) is 2.88. The van der Waals surface area contributed by atoms with Crippen molar-refractivity contribution in [2.75, 3.05) is 0 Å². The molecule has 1 aromatic heterocycles. The number of halogens is 2. The van der Waals surface area contributed by atoms with E-state index in [1.165, 1.54) is 18.2 Å². The maximum absolute atomic E-state index is 13.2. The van der Waals surface area contributed by atoms with Gasteiger partial charge in [0.15, 0.2) is 0 Å². The summed E-state index contributed by atoms with van der Waals surface area (Å²) < 4.78 is 26.3. The largest absolute Gasteiger partial charge is 0.338 e. The smallest absolute Gasteiger partial charge is 0.138 e. The normalized spacial score (nSPS) is 11.1. The third kappa shape index (κ3) is 1.76. The molecule has 0 fully saturated rings. The highest BCUT2D eigenvalue weighted by atomic mass is 19.1. The first-order valence-corrected chi connectivity index (χ1v) is 5.55. The monoisotopic (exact) mass is 244 g/mol. The maximum atomic E-state index is 13.2. The number of hydrogen-bond acceptors (Lipinski definition) is 1. The minimum atomic E-state index is -0.312.